The quantitative estimate of drug-likeness (QED) is 0.544. The number of nitrogens with one attached hydrogen (secondary N) is 1. The highest BCUT2D eigenvalue weighted by Gasteiger charge is 2.22. The summed E-state index contributed by atoms with van der Waals surface area (Å²) >= 11 is 1.60. The van der Waals surface area contributed by atoms with E-state index in [4.69, 9.17) is 5.73 Å². The van der Waals surface area contributed by atoms with Gasteiger partial charge in [0.25, 0.3) is 0 Å². The van der Waals surface area contributed by atoms with E-state index in [-0.39, 0.29) is 5.91 Å². The summed E-state index contributed by atoms with van der Waals surface area (Å²) in [5.74, 6) is 0.940. The summed E-state index contributed by atoms with van der Waals surface area (Å²) < 4.78 is 0. The maximum absolute atomic E-state index is 11.9. The number of aryl methyl sites for hydroxylation is 1. The van der Waals surface area contributed by atoms with E-state index in [1.165, 1.54) is 19.3 Å². The Hall–Kier alpha value is -2.74. The molecule has 1 aromatic heterocycles. The SMILES string of the molecule is CCC(=NC(N)=Nc1cc(C)cc(-c2cnc(N3CCCNC(=O)C3)s2)c1)C1CCC1. The second-order valence-corrected chi connectivity index (χ2v) is 9.25. The van der Waals surface area contributed by atoms with Crippen molar-refractivity contribution >= 4 is 39.7 Å². The molecular formula is C23H30N6OS. The van der Waals surface area contributed by atoms with Gasteiger partial charge in [-0.05, 0) is 61.8 Å². The first-order chi connectivity index (χ1) is 15.0. The van der Waals surface area contributed by atoms with Gasteiger partial charge in [0.2, 0.25) is 11.9 Å². The summed E-state index contributed by atoms with van der Waals surface area (Å²) in [7, 11) is 0. The molecule has 0 atom stereocenters. The number of aromatic nitrogens is 1. The number of anilines is 1. The number of nitrogens with zero attached hydrogens (tertiary/aromatic N) is 4. The Morgan fingerprint density at radius 1 is 1.32 bits per heavy atom. The third-order valence-corrected chi connectivity index (χ3v) is 6.92. The van der Waals surface area contributed by atoms with Crippen LogP contribution in [0.3, 0.4) is 0 Å². The predicted octanol–water partition coefficient (Wildman–Crippen LogP) is 4.04. The molecule has 0 spiro atoms. The highest BCUT2D eigenvalue weighted by Crippen LogP contribution is 2.34. The van der Waals surface area contributed by atoms with E-state index >= 15 is 0 Å². The average Bonchev–Trinajstić information content (AvgIpc) is 3.08. The van der Waals surface area contributed by atoms with Crippen LogP contribution >= 0.6 is 11.3 Å². The van der Waals surface area contributed by atoms with Gasteiger partial charge >= 0.3 is 0 Å². The fraction of sp³-hybridized carbons (Fsp3) is 0.478. The molecule has 0 bridgehead atoms. The van der Waals surface area contributed by atoms with E-state index in [1.807, 2.05) is 23.2 Å². The fourth-order valence-corrected chi connectivity index (χ4v) is 4.92. The maximum Gasteiger partial charge on any atom is 0.239 e. The van der Waals surface area contributed by atoms with Crippen molar-refractivity contribution < 1.29 is 4.79 Å². The lowest BCUT2D eigenvalue weighted by atomic mass is 9.81. The molecule has 1 saturated carbocycles. The molecule has 1 amide bonds. The minimum atomic E-state index is 0.0470. The summed E-state index contributed by atoms with van der Waals surface area (Å²) in [5, 5.41) is 3.78. The molecule has 1 aliphatic heterocycles. The number of carbonyl (C=O) groups excluding carboxylic acids is 1. The van der Waals surface area contributed by atoms with Crippen molar-refractivity contribution in [1.82, 2.24) is 10.3 Å². The molecule has 2 aromatic rings. The van der Waals surface area contributed by atoms with Crippen LogP contribution in [0.25, 0.3) is 10.4 Å². The van der Waals surface area contributed by atoms with Gasteiger partial charge in [-0.15, -0.1) is 0 Å². The topological polar surface area (TPSA) is 96.0 Å². The predicted molar refractivity (Wildman–Crippen MR) is 128 cm³/mol. The lowest BCUT2D eigenvalue weighted by Gasteiger charge is -2.26. The lowest BCUT2D eigenvalue weighted by Crippen LogP contribution is -2.32. The molecule has 2 heterocycles. The van der Waals surface area contributed by atoms with E-state index < -0.39 is 0 Å². The first kappa shape index (κ1) is 21.5. The molecule has 2 aliphatic rings. The van der Waals surface area contributed by atoms with E-state index in [9.17, 15) is 4.79 Å². The molecule has 1 saturated heterocycles. The number of aliphatic imine (C=N–C) groups is 2. The second kappa shape index (κ2) is 9.60. The number of carbonyl (C=O) groups is 1. The number of nitrogens with two attached hydrogens (primary N) is 1. The van der Waals surface area contributed by atoms with Gasteiger partial charge in [-0.1, -0.05) is 30.7 Å². The van der Waals surface area contributed by atoms with Gasteiger partial charge in [-0.2, -0.15) is 0 Å². The summed E-state index contributed by atoms with van der Waals surface area (Å²) in [6.07, 6.45) is 7.41. The normalized spacial score (nSPS) is 18.5. The van der Waals surface area contributed by atoms with E-state index in [1.54, 1.807) is 11.3 Å². The van der Waals surface area contributed by atoms with Crippen LogP contribution in [-0.4, -0.2) is 42.2 Å². The molecule has 8 heteroatoms. The van der Waals surface area contributed by atoms with Crippen LogP contribution in [0.5, 0.6) is 0 Å². The van der Waals surface area contributed by atoms with Crippen LogP contribution in [0.15, 0.2) is 34.4 Å². The number of thiazole rings is 1. The highest BCUT2D eigenvalue weighted by molar-refractivity contribution is 7.18. The second-order valence-electron chi connectivity index (χ2n) is 8.24. The van der Waals surface area contributed by atoms with E-state index in [0.717, 1.165) is 58.5 Å². The summed E-state index contributed by atoms with van der Waals surface area (Å²) in [6.45, 7) is 6.08. The summed E-state index contributed by atoms with van der Waals surface area (Å²) in [4.78, 5) is 28.8. The standard InChI is InChI=1S/C23H30N6OS/c1-3-19(16-6-4-7-16)28-22(24)27-18-11-15(2)10-17(12-18)20-13-26-23(31-20)29-9-5-8-25-21(30)14-29/h10-13,16H,3-9,14H2,1-2H3,(H2,24,27)(H,25,30). The Labute approximate surface area is 187 Å². The molecule has 7 nitrogen and oxygen atoms in total. The van der Waals surface area contributed by atoms with Crippen molar-refractivity contribution in [2.24, 2.45) is 21.6 Å². The van der Waals surface area contributed by atoms with Crippen molar-refractivity contribution in [3.63, 3.8) is 0 Å². The third kappa shape index (κ3) is 5.31. The molecule has 2 fully saturated rings. The van der Waals surface area contributed by atoms with Crippen LogP contribution in [0.2, 0.25) is 0 Å². The molecule has 0 radical (unpaired) electrons. The van der Waals surface area contributed by atoms with Gasteiger partial charge in [0.1, 0.15) is 0 Å². The maximum atomic E-state index is 11.9. The van der Waals surface area contributed by atoms with Crippen LogP contribution < -0.4 is 16.0 Å². The van der Waals surface area contributed by atoms with Crippen molar-refractivity contribution in [3.05, 3.63) is 30.0 Å². The molecule has 1 aliphatic carbocycles. The smallest absolute Gasteiger partial charge is 0.239 e. The molecule has 0 unspecified atom stereocenters. The molecule has 164 valence electrons. The largest absolute Gasteiger partial charge is 0.368 e. The lowest BCUT2D eigenvalue weighted by molar-refractivity contribution is -0.119. The van der Waals surface area contributed by atoms with Crippen molar-refractivity contribution in [2.45, 2.75) is 46.0 Å². The van der Waals surface area contributed by atoms with Crippen molar-refractivity contribution in [2.75, 3.05) is 24.5 Å². The Bertz CT molecular complexity index is 1010. The monoisotopic (exact) mass is 438 g/mol. The molecule has 3 N–H and O–H groups in total. The molecular weight excluding hydrogens is 408 g/mol. The van der Waals surface area contributed by atoms with Gasteiger partial charge in [0, 0.05) is 25.0 Å². The van der Waals surface area contributed by atoms with Gasteiger partial charge in [-0.3, -0.25) is 4.79 Å². The van der Waals surface area contributed by atoms with Gasteiger partial charge in [-0.25, -0.2) is 15.0 Å². The first-order valence-electron chi connectivity index (χ1n) is 11.0. The van der Waals surface area contributed by atoms with Crippen LogP contribution in [0, 0.1) is 12.8 Å². The Kier molecular flexibility index (Phi) is 6.65. The minimum Gasteiger partial charge on any atom is -0.368 e. The van der Waals surface area contributed by atoms with Crippen LogP contribution in [-0.2, 0) is 4.79 Å². The fourth-order valence-electron chi connectivity index (χ4n) is 3.99. The van der Waals surface area contributed by atoms with Gasteiger partial charge in [0.15, 0.2) is 5.13 Å². The summed E-state index contributed by atoms with van der Waals surface area (Å²) in [5.41, 5.74) is 10.3. The number of guanidine groups is 1. The number of amides is 1. The minimum absolute atomic E-state index is 0.0470. The molecule has 1 aromatic carbocycles. The van der Waals surface area contributed by atoms with Crippen molar-refractivity contribution in [1.29, 1.82) is 0 Å². The van der Waals surface area contributed by atoms with Gasteiger partial charge in [0.05, 0.1) is 17.1 Å². The number of rotatable bonds is 5. The van der Waals surface area contributed by atoms with Crippen LogP contribution in [0.4, 0.5) is 10.8 Å². The highest BCUT2D eigenvalue weighted by atomic mass is 32.1. The van der Waals surface area contributed by atoms with Crippen molar-refractivity contribution in [3.8, 4) is 10.4 Å². The average molecular weight is 439 g/mol. The zero-order chi connectivity index (χ0) is 21.8. The first-order valence-corrected chi connectivity index (χ1v) is 11.8. The van der Waals surface area contributed by atoms with E-state index in [0.29, 0.717) is 18.4 Å². The van der Waals surface area contributed by atoms with E-state index in [2.05, 4.69) is 40.2 Å². The van der Waals surface area contributed by atoms with Crippen LogP contribution in [0.1, 0.15) is 44.6 Å². The zero-order valence-corrected chi connectivity index (χ0v) is 19.0. The number of hydrogen-bond donors (Lipinski definition) is 2. The number of benzene rings is 1. The summed E-state index contributed by atoms with van der Waals surface area (Å²) in [6, 6.07) is 6.16. The Balaban J connectivity index is 1.56. The molecule has 4 rings (SSSR count). The Morgan fingerprint density at radius 2 is 2.16 bits per heavy atom. The Morgan fingerprint density at radius 3 is 2.90 bits per heavy atom. The zero-order valence-electron chi connectivity index (χ0n) is 18.2. The van der Waals surface area contributed by atoms with Gasteiger partial charge < -0.3 is 16.0 Å². The molecule has 31 heavy (non-hydrogen) atoms. The number of hydrogen-bond acceptors (Lipinski definition) is 5. The third-order valence-electron chi connectivity index (χ3n) is 5.81.